The summed E-state index contributed by atoms with van der Waals surface area (Å²) >= 11 is 0. The molecule has 3 heterocycles. The van der Waals surface area contributed by atoms with Gasteiger partial charge in [-0.15, -0.1) is 0 Å². The van der Waals surface area contributed by atoms with Crippen LogP contribution in [0, 0.1) is 6.92 Å². The van der Waals surface area contributed by atoms with E-state index < -0.39 is 10.0 Å². The highest BCUT2D eigenvalue weighted by Crippen LogP contribution is 2.29. The van der Waals surface area contributed by atoms with Gasteiger partial charge in [0.15, 0.2) is 5.03 Å². The molecule has 22 heavy (non-hydrogen) atoms. The zero-order chi connectivity index (χ0) is 15.7. The van der Waals surface area contributed by atoms with Crippen molar-refractivity contribution in [2.45, 2.75) is 30.7 Å². The van der Waals surface area contributed by atoms with Crippen LogP contribution in [0.1, 0.15) is 30.1 Å². The van der Waals surface area contributed by atoms with Crippen LogP contribution in [-0.2, 0) is 17.1 Å². The first-order chi connectivity index (χ1) is 10.5. The van der Waals surface area contributed by atoms with Crippen LogP contribution in [0.3, 0.4) is 0 Å². The lowest BCUT2D eigenvalue weighted by molar-refractivity contribution is 0.311. The van der Waals surface area contributed by atoms with Crippen molar-refractivity contribution in [1.29, 1.82) is 0 Å². The van der Waals surface area contributed by atoms with Crippen LogP contribution in [0.25, 0.3) is 0 Å². The molecular formula is C15H20N4O2S. The summed E-state index contributed by atoms with van der Waals surface area (Å²) in [7, 11) is -1.75. The summed E-state index contributed by atoms with van der Waals surface area (Å²) in [6.45, 7) is 2.96. The van der Waals surface area contributed by atoms with Gasteiger partial charge in [0.05, 0.1) is 6.33 Å². The minimum atomic E-state index is -3.52. The van der Waals surface area contributed by atoms with E-state index in [4.69, 9.17) is 0 Å². The van der Waals surface area contributed by atoms with Gasteiger partial charge in [-0.1, -0.05) is 6.07 Å². The number of imidazole rings is 1. The van der Waals surface area contributed by atoms with Gasteiger partial charge in [0.25, 0.3) is 10.0 Å². The highest BCUT2D eigenvalue weighted by molar-refractivity contribution is 7.89. The summed E-state index contributed by atoms with van der Waals surface area (Å²) in [6, 6.07) is 5.91. The number of pyridine rings is 1. The maximum Gasteiger partial charge on any atom is 0.262 e. The van der Waals surface area contributed by atoms with E-state index in [-0.39, 0.29) is 10.9 Å². The van der Waals surface area contributed by atoms with Crippen molar-refractivity contribution >= 4 is 10.0 Å². The van der Waals surface area contributed by atoms with Crippen LogP contribution in [0.5, 0.6) is 0 Å². The molecule has 0 amide bonds. The van der Waals surface area contributed by atoms with Crippen molar-refractivity contribution < 1.29 is 8.42 Å². The maximum atomic E-state index is 12.7. The first-order valence-electron chi connectivity index (χ1n) is 7.38. The van der Waals surface area contributed by atoms with Crippen molar-refractivity contribution in [3.63, 3.8) is 0 Å². The number of sulfonamides is 1. The molecule has 0 aromatic carbocycles. The van der Waals surface area contributed by atoms with Crippen LogP contribution >= 0.6 is 0 Å². The number of rotatable bonds is 3. The molecule has 2 aromatic rings. The molecule has 0 radical (unpaired) electrons. The third kappa shape index (κ3) is 2.91. The summed E-state index contributed by atoms with van der Waals surface area (Å²) < 4.78 is 28.5. The summed E-state index contributed by atoms with van der Waals surface area (Å²) in [6.07, 6.45) is 4.86. The van der Waals surface area contributed by atoms with Crippen molar-refractivity contribution in [2.24, 2.45) is 7.05 Å². The van der Waals surface area contributed by atoms with Crippen LogP contribution in [0.2, 0.25) is 0 Å². The molecule has 0 N–H and O–H groups in total. The Hall–Kier alpha value is -1.73. The van der Waals surface area contributed by atoms with E-state index in [1.54, 1.807) is 17.8 Å². The molecule has 1 atom stereocenters. The fourth-order valence-corrected chi connectivity index (χ4v) is 4.34. The van der Waals surface area contributed by atoms with Gasteiger partial charge in [0.2, 0.25) is 0 Å². The van der Waals surface area contributed by atoms with Crippen LogP contribution in [0.15, 0.2) is 35.7 Å². The Kier molecular flexibility index (Phi) is 4.01. The molecule has 1 aliphatic heterocycles. The van der Waals surface area contributed by atoms with Gasteiger partial charge in [-0.3, -0.25) is 4.98 Å². The van der Waals surface area contributed by atoms with Gasteiger partial charge in [-0.05, 0) is 31.9 Å². The van der Waals surface area contributed by atoms with E-state index in [2.05, 4.69) is 9.97 Å². The van der Waals surface area contributed by atoms with E-state index >= 15 is 0 Å². The lowest BCUT2D eigenvalue weighted by Crippen LogP contribution is -2.39. The Morgan fingerprint density at radius 3 is 2.82 bits per heavy atom. The topological polar surface area (TPSA) is 68.1 Å². The normalized spacial score (nSPS) is 20.2. The Morgan fingerprint density at radius 2 is 2.14 bits per heavy atom. The fraction of sp³-hybridized carbons (Fsp3) is 0.467. The first-order valence-corrected chi connectivity index (χ1v) is 8.82. The minimum absolute atomic E-state index is 0.118. The second-order valence-corrected chi connectivity index (χ2v) is 7.67. The Balaban J connectivity index is 1.84. The zero-order valence-electron chi connectivity index (χ0n) is 12.8. The number of aromatic nitrogens is 3. The fourth-order valence-electron chi connectivity index (χ4n) is 2.85. The van der Waals surface area contributed by atoms with E-state index in [0.29, 0.717) is 13.1 Å². The number of nitrogens with zero attached hydrogens (tertiary/aromatic N) is 4. The third-order valence-electron chi connectivity index (χ3n) is 4.00. The van der Waals surface area contributed by atoms with Gasteiger partial charge < -0.3 is 4.57 Å². The second kappa shape index (κ2) is 5.81. The summed E-state index contributed by atoms with van der Waals surface area (Å²) in [5.74, 6) is 0.145. The molecule has 0 saturated carbocycles. The van der Waals surface area contributed by atoms with Gasteiger partial charge in [-0.2, -0.15) is 4.31 Å². The standard InChI is InChI=1S/C15H20N4O2S/c1-12-5-3-7-14(17-12)13-6-4-8-19(9-13)22(20,21)15-10-18(2)11-16-15/h3,5,7,10-11,13H,4,6,8-9H2,1-2H3/t13-/m1/s1. The van der Waals surface area contributed by atoms with E-state index in [9.17, 15) is 8.42 Å². The molecule has 1 aliphatic rings. The second-order valence-electron chi connectivity index (χ2n) is 5.78. The van der Waals surface area contributed by atoms with Crippen molar-refractivity contribution in [3.05, 3.63) is 42.1 Å². The average Bonchev–Trinajstić information content (AvgIpc) is 2.95. The molecule has 3 rings (SSSR count). The van der Waals surface area contributed by atoms with Gasteiger partial charge in [0.1, 0.15) is 0 Å². The van der Waals surface area contributed by atoms with Crippen LogP contribution in [0.4, 0.5) is 0 Å². The average molecular weight is 320 g/mol. The molecule has 0 unspecified atom stereocenters. The Labute approximate surface area is 130 Å². The molecule has 2 aromatic heterocycles. The van der Waals surface area contributed by atoms with Gasteiger partial charge in [0, 0.05) is 43.6 Å². The third-order valence-corrected chi connectivity index (χ3v) is 5.75. The van der Waals surface area contributed by atoms with Crippen molar-refractivity contribution in [3.8, 4) is 0 Å². The molecule has 0 spiro atoms. The number of hydrogen-bond acceptors (Lipinski definition) is 4. The molecule has 7 heteroatoms. The lowest BCUT2D eigenvalue weighted by atomic mass is 9.95. The highest BCUT2D eigenvalue weighted by Gasteiger charge is 2.32. The van der Waals surface area contributed by atoms with Crippen molar-refractivity contribution in [1.82, 2.24) is 18.8 Å². The zero-order valence-corrected chi connectivity index (χ0v) is 13.6. The van der Waals surface area contributed by atoms with Crippen molar-refractivity contribution in [2.75, 3.05) is 13.1 Å². The smallest absolute Gasteiger partial charge is 0.262 e. The largest absolute Gasteiger partial charge is 0.339 e. The summed E-state index contributed by atoms with van der Waals surface area (Å²) in [4.78, 5) is 8.54. The quantitative estimate of drug-likeness (QED) is 0.863. The number of hydrogen-bond donors (Lipinski definition) is 0. The lowest BCUT2D eigenvalue weighted by Gasteiger charge is -2.31. The Morgan fingerprint density at radius 1 is 1.32 bits per heavy atom. The van der Waals surface area contributed by atoms with E-state index in [0.717, 1.165) is 24.2 Å². The molecule has 118 valence electrons. The molecule has 0 bridgehead atoms. The summed E-state index contributed by atoms with van der Waals surface area (Å²) in [5.41, 5.74) is 1.93. The maximum absolute atomic E-state index is 12.7. The van der Waals surface area contributed by atoms with E-state index in [1.807, 2.05) is 25.1 Å². The predicted molar refractivity (Wildman–Crippen MR) is 82.9 cm³/mol. The van der Waals surface area contributed by atoms with E-state index in [1.165, 1.54) is 10.6 Å². The van der Waals surface area contributed by atoms with Crippen LogP contribution < -0.4 is 0 Å². The summed E-state index contributed by atoms with van der Waals surface area (Å²) in [5, 5.41) is 0.118. The predicted octanol–water partition coefficient (Wildman–Crippen LogP) is 1.69. The van der Waals surface area contributed by atoms with Gasteiger partial charge in [-0.25, -0.2) is 13.4 Å². The minimum Gasteiger partial charge on any atom is -0.339 e. The Bertz CT molecular complexity index is 769. The number of aryl methyl sites for hydroxylation is 2. The molecule has 0 aliphatic carbocycles. The number of piperidine rings is 1. The van der Waals surface area contributed by atoms with Crippen LogP contribution in [-0.4, -0.2) is 40.3 Å². The monoisotopic (exact) mass is 320 g/mol. The van der Waals surface area contributed by atoms with Gasteiger partial charge >= 0.3 is 0 Å². The molecule has 1 fully saturated rings. The molecule has 6 nitrogen and oxygen atoms in total. The first kappa shape index (κ1) is 15.2. The highest BCUT2D eigenvalue weighted by atomic mass is 32.2. The molecular weight excluding hydrogens is 300 g/mol. The SMILES string of the molecule is Cc1cccc([C@@H]2CCCN(S(=O)(=O)c3cn(C)cn3)C2)n1. The molecule has 1 saturated heterocycles.